The molecule has 0 saturated carbocycles. The zero-order chi connectivity index (χ0) is 16.1. The molecule has 2 aromatic carbocycles. The molecule has 1 fully saturated rings. The van der Waals surface area contributed by atoms with Crippen LogP contribution < -0.4 is 9.64 Å². The van der Waals surface area contributed by atoms with Crippen molar-refractivity contribution in [3.8, 4) is 5.75 Å². The molecule has 3 nitrogen and oxygen atoms in total. The van der Waals surface area contributed by atoms with E-state index in [1.165, 1.54) is 11.3 Å². The molecule has 0 aliphatic carbocycles. The summed E-state index contributed by atoms with van der Waals surface area (Å²) in [6.07, 6.45) is 0. The van der Waals surface area contributed by atoms with Gasteiger partial charge < -0.3 is 9.64 Å². The molecule has 1 saturated heterocycles. The molecular formula is C19H23ClN2O. The van der Waals surface area contributed by atoms with E-state index in [0.717, 1.165) is 43.5 Å². The molecule has 23 heavy (non-hydrogen) atoms. The van der Waals surface area contributed by atoms with Gasteiger partial charge in [0.1, 0.15) is 5.75 Å². The standard InChI is InChI=1S/C19H23ClN2O/c1-2-23-19-10-6-5-9-18(19)22-13-11-21(12-14-22)15-16-7-3-4-8-17(16)20/h3-10H,2,11-15H2,1H3. The zero-order valence-corrected chi connectivity index (χ0v) is 14.3. The Balaban J connectivity index is 1.62. The van der Waals surface area contributed by atoms with E-state index < -0.39 is 0 Å². The quantitative estimate of drug-likeness (QED) is 0.822. The molecule has 0 amide bonds. The average Bonchev–Trinajstić information content (AvgIpc) is 2.59. The van der Waals surface area contributed by atoms with Crippen LogP contribution in [-0.4, -0.2) is 37.7 Å². The number of rotatable bonds is 5. The molecule has 0 N–H and O–H groups in total. The van der Waals surface area contributed by atoms with Crippen LogP contribution in [0.2, 0.25) is 5.02 Å². The van der Waals surface area contributed by atoms with E-state index in [0.29, 0.717) is 6.61 Å². The number of hydrogen-bond acceptors (Lipinski definition) is 3. The molecule has 0 aromatic heterocycles. The first kappa shape index (κ1) is 16.2. The Hall–Kier alpha value is -1.71. The Kier molecular flexibility index (Phi) is 5.42. The number of hydrogen-bond donors (Lipinski definition) is 0. The van der Waals surface area contributed by atoms with E-state index in [4.69, 9.17) is 16.3 Å². The Morgan fingerprint density at radius 3 is 2.39 bits per heavy atom. The van der Waals surface area contributed by atoms with Gasteiger partial charge in [0.15, 0.2) is 0 Å². The monoisotopic (exact) mass is 330 g/mol. The highest BCUT2D eigenvalue weighted by atomic mass is 35.5. The van der Waals surface area contributed by atoms with E-state index in [-0.39, 0.29) is 0 Å². The summed E-state index contributed by atoms with van der Waals surface area (Å²) in [5.74, 6) is 0.981. The molecule has 1 aliphatic heterocycles. The van der Waals surface area contributed by atoms with Gasteiger partial charge in [0.25, 0.3) is 0 Å². The van der Waals surface area contributed by atoms with Crippen LogP contribution >= 0.6 is 11.6 Å². The van der Waals surface area contributed by atoms with Crippen LogP contribution in [0.4, 0.5) is 5.69 Å². The molecule has 2 aromatic rings. The van der Waals surface area contributed by atoms with Gasteiger partial charge >= 0.3 is 0 Å². The van der Waals surface area contributed by atoms with Gasteiger partial charge in [-0.3, -0.25) is 4.90 Å². The number of piperazine rings is 1. The minimum atomic E-state index is 0.698. The van der Waals surface area contributed by atoms with Crippen LogP contribution in [0.3, 0.4) is 0 Å². The summed E-state index contributed by atoms with van der Waals surface area (Å²) < 4.78 is 5.76. The Labute approximate surface area is 143 Å². The van der Waals surface area contributed by atoms with Gasteiger partial charge in [0.2, 0.25) is 0 Å². The SMILES string of the molecule is CCOc1ccccc1N1CCN(Cc2ccccc2Cl)CC1. The number of nitrogens with zero attached hydrogens (tertiary/aromatic N) is 2. The summed E-state index contributed by atoms with van der Waals surface area (Å²) in [6, 6.07) is 16.4. The summed E-state index contributed by atoms with van der Waals surface area (Å²) in [5.41, 5.74) is 2.41. The molecule has 0 unspecified atom stereocenters. The van der Waals surface area contributed by atoms with Crippen molar-refractivity contribution < 1.29 is 4.74 Å². The fraction of sp³-hybridized carbons (Fsp3) is 0.368. The van der Waals surface area contributed by atoms with Crippen molar-refractivity contribution in [2.75, 3.05) is 37.7 Å². The largest absolute Gasteiger partial charge is 0.492 e. The van der Waals surface area contributed by atoms with Crippen LogP contribution in [0.15, 0.2) is 48.5 Å². The third-order valence-electron chi connectivity index (χ3n) is 4.23. The molecular weight excluding hydrogens is 308 g/mol. The topological polar surface area (TPSA) is 15.7 Å². The van der Waals surface area contributed by atoms with Crippen LogP contribution in [0, 0.1) is 0 Å². The number of para-hydroxylation sites is 2. The van der Waals surface area contributed by atoms with E-state index in [9.17, 15) is 0 Å². The minimum Gasteiger partial charge on any atom is -0.492 e. The second kappa shape index (κ2) is 7.71. The van der Waals surface area contributed by atoms with Gasteiger partial charge in [-0.25, -0.2) is 0 Å². The number of benzene rings is 2. The summed E-state index contributed by atoms with van der Waals surface area (Å²) in [4.78, 5) is 4.87. The van der Waals surface area contributed by atoms with Crippen molar-refractivity contribution in [1.29, 1.82) is 0 Å². The third kappa shape index (κ3) is 3.98. The van der Waals surface area contributed by atoms with Crippen molar-refractivity contribution in [1.82, 2.24) is 4.90 Å². The zero-order valence-electron chi connectivity index (χ0n) is 13.5. The van der Waals surface area contributed by atoms with Crippen molar-refractivity contribution in [2.24, 2.45) is 0 Å². The lowest BCUT2D eigenvalue weighted by atomic mass is 10.2. The first-order valence-corrected chi connectivity index (χ1v) is 8.58. The molecule has 0 radical (unpaired) electrons. The molecule has 0 spiro atoms. The molecule has 1 aliphatic rings. The maximum atomic E-state index is 6.27. The number of anilines is 1. The third-order valence-corrected chi connectivity index (χ3v) is 4.60. The maximum Gasteiger partial charge on any atom is 0.142 e. The highest BCUT2D eigenvalue weighted by Gasteiger charge is 2.20. The molecule has 1 heterocycles. The van der Waals surface area contributed by atoms with E-state index in [1.54, 1.807) is 0 Å². The summed E-state index contributed by atoms with van der Waals surface area (Å²) in [7, 11) is 0. The van der Waals surface area contributed by atoms with Crippen LogP contribution in [0.5, 0.6) is 5.75 Å². The first-order valence-electron chi connectivity index (χ1n) is 8.20. The highest BCUT2D eigenvalue weighted by Crippen LogP contribution is 2.29. The Bertz CT molecular complexity index is 639. The van der Waals surface area contributed by atoms with Crippen molar-refractivity contribution >= 4 is 17.3 Å². The molecule has 122 valence electrons. The Morgan fingerprint density at radius 1 is 0.957 bits per heavy atom. The lowest BCUT2D eigenvalue weighted by Gasteiger charge is -2.36. The number of ether oxygens (including phenoxy) is 1. The maximum absolute atomic E-state index is 6.27. The van der Waals surface area contributed by atoms with E-state index >= 15 is 0 Å². The van der Waals surface area contributed by atoms with Gasteiger partial charge in [-0.1, -0.05) is 41.9 Å². The molecule has 3 rings (SSSR count). The van der Waals surface area contributed by atoms with Crippen molar-refractivity contribution in [3.63, 3.8) is 0 Å². The second-order valence-corrected chi connectivity index (χ2v) is 6.16. The molecule has 4 heteroatoms. The first-order chi connectivity index (χ1) is 11.3. The second-order valence-electron chi connectivity index (χ2n) is 5.76. The lowest BCUT2D eigenvalue weighted by Crippen LogP contribution is -2.46. The van der Waals surface area contributed by atoms with Crippen LogP contribution in [0.1, 0.15) is 12.5 Å². The van der Waals surface area contributed by atoms with Gasteiger partial charge in [-0.15, -0.1) is 0 Å². The normalized spacial score (nSPS) is 15.7. The smallest absolute Gasteiger partial charge is 0.142 e. The van der Waals surface area contributed by atoms with Gasteiger partial charge in [0, 0.05) is 37.7 Å². The van der Waals surface area contributed by atoms with Crippen molar-refractivity contribution in [2.45, 2.75) is 13.5 Å². The predicted molar refractivity (Wildman–Crippen MR) is 96.6 cm³/mol. The van der Waals surface area contributed by atoms with E-state index in [1.807, 2.05) is 25.1 Å². The summed E-state index contributed by atoms with van der Waals surface area (Å²) in [5, 5.41) is 0.858. The summed E-state index contributed by atoms with van der Waals surface area (Å²) in [6.45, 7) is 7.73. The molecule has 0 bridgehead atoms. The average molecular weight is 331 g/mol. The minimum absolute atomic E-state index is 0.698. The molecule has 0 atom stereocenters. The fourth-order valence-electron chi connectivity index (χ4n) is 3.01. The van der Waals surface area contributed by atoms with Crippen LogP contribution in [0.25, 0.3) is 0 Å². The van der Waals surface area contributed by atoms with Crippen LogP contribution in [-0.2, 0) is 6.54 Å². The fourth-order valence-corrected chi connectivity index (χ4v) is 3.21. The number of halogens is 1. The van der Waals surface area contributed by atoms with Gasteiger partial charge in [-0.05, 0) is 30.7 Å². The lowest BCUT2D eigenvalue weighted by molar-refractivity contribution is 0.248. The Morgan fingerprint density at radius 2 is 1.65 bits per heavy atom. The highest BCUT2D eigenvalue weighted by molar-refractivity contribution is 6.31. The summed E-state index contributed by atoms with van der Waals surface area (Å²) >= 11 is 6.27. The van der Waals surface area contributed by atoms with Gasteiger partial charge in [0.05, 0.1) is 12.3 Å². The van der Waals surface area contributed by atoms with E-state index in [2.05, 4.69) is 40.1 Å². The predicted octanol–water partition coefficient (Wildman–Crippen LogP) is 4.06. The van der Waals surface area contributed by atoms with Gasteiger partial charge in [-0.2, -0.15) is 0 Å². The van der Waals surface area contributed by atoms with Crippen molar-refractivity contribution in [3.05, 3.63) is 59.1 Å².